The van der Waals surface area contributed by atoms with Crippen molar-refractivity contribution in [2.24, 2.45) is 0 Å². The van der Waals surface area contributed by atoms with Crippen LogP contribution in [-0.2, 0) is 16.0 Å². The van der Waals surface area contributed by atoms with Crippen molar-refractivity contribution in [2.75, 3.05) is 12.0 Å². The first-order chi connectivity index (χ1) is 16.0. The molecule has 1 heterocycles. The molecule has 1 aromatic heterocycles. The summed E-state index contributed by atoms with van der Waals surface area (Å²) in [6, 6.07) is 18.5. The summed E-state index contributed by atoms with van der Waals surface area (Å²) in [7, 11) is 1.60. The van der Waals surface area contributed by atoms with Gasteiger partial charge in [0, 0.05) is 16.6 Å². The molecule has 0 radical (unpaired) electrons. The fraction of sp³-hybridized carbons (Fsp3) is 0.333. The van der Waals surface area contributed by atoms with E-state index in [1.54, 1.807) is 23.3 Å². The van der Waals surface area contributed by atoms with Gasteiger partial charge >= 0.3 is 0 Å². The predicted octanol–water partition coefficient (Wildman–Crippen LogP) is 5.44. The molecule has 1 N–H and O–H groups in total. The lowest BCUT2D eigenvalue weighted by Crippen LogP contribution is -2.46. The van der Waals surface area contributed by atoms with Crippen LogP contribution in [0.1, 0.15) is 47.7 Å². The van der Waals surface area contributed by atoms with E-state index in [2.05, 4.69) is 5.32 Å². The maximum absolute atomic E-state index is 13.7. The van der Waals surface area contributed by atoms with E-state index < -0.39 is 6.04 Å². The largest absolute Gasteiger partial charge is 0.497 e. The smallest absolute Gasteiger partial charge is 0.248 e. The molecule has 0 aliphatic heterocycles. The maximum atomic E-state index is 13.7. The van der Waals surface area contributed by atoms with Crippen LogP contribution in [0.4, 0.5) is 5.69 Å². The molecule has 2 amide bonds. The molecule has 0 spiro atoms. The summed E-state index contributed by atoms with van der Waals surface area (Å²) in [6.45, 7) is 2.01. The van der Waals surface area contributed by atoms with E-state index in [1.807, 2.05) is 73.0 Å². The van der Waals surface area contributed by atoms with Gasteiger partial charge in [-0.25, -0.2) is 0 Å². The fourth-order valence-corrected chi connectivity index (χ4v) is 5.07. The van der Waals surface area contributed by atoms with Crippen LogP contribution in [0.15, 0.2) is 66.0 Å². The maximum Gasteiger partial charge on any atom is 0.248 e. The van der Waals surface area contributed by atoms with Crippen molar-refractivity contribution in [3.05, 3.63) is 82.0 Å². The minimum atomic E-state index is -0.795. The molecule has 5 nitrogen and oxygen atoms in total. The molecule has 1 aliphatic carbocycles. The molecule has 33 heavy (non-hydrogen) atoms. The van der Waals surface area contributed by atoms with Gasteiger partial charge in [0.25, 0.3) is 0 Å². The topological polar surface area (TPSA) is 58.6 Å². The Morgan fingerprint density at radius 2 is 1.85 bits per heavy atom. The van der Waals surface area contributed by atoms with E-state index in [0.29, 0.717) is 11.4 Å². The van der Waals surface area contributed by atoms with Gasteiger partial charge in [0.1, 0.15) is 11.8 Å². The van der Waals surface area contributed by atoms with Crippen LogP contribution in [0, 0.1) is 6.92 Å². The molecule has 2 aromatic carbocycles. The zero-order chi connectivity index (χ0) is 23.2. The fourth-order valence-electron chi connectivity index (χ4n) is 4.37. The number of thiophene rings is 1. The highest BCUT2D eigenvalue weighted by Crippen LogP contribution is 2.32. The summed E-state index contributed by atoms with van der Waals surface area (Å²) in [5.74, 6) is 0.381. The number of aryl methyl sites for hydroxylation is 1. The van der Waals surface area contributed by atoms with Gasteiger partial charge in [0.15, 0.2) is 0 Å². The third kappa shape index (κ3) is 5.63. The molecule has 6 heteroatoms. The highest BCUT2D eigenvalue weighted by Gasteiger charge is 2.34. The third-order valence-electron chi connectivity index (χ3n) is 6.10. The molecule has 0 unspecified atom stereocenters. The van der Waals surface area contributed by atoms with Gasteiger partial charge in [0.2, 0.25) is 11.8 Å². The number of anilines is 1. The normalized spacial score (nSPS) is 14.6. The lowest BCUT2D eigenvalue weighted by atomic mass is 10.0. The van der Waals surface area contributed by atoms with Crippen molar-refractivity contribution >= 4 is 28.8 Å². The van der Waals surface area contributed by atoms with E-state index in [9.17, 15) is 9.59 Å². The summed E-state index contributed by atoms with van der Waals surface area (Å²) >= 11 is 1.55. The Hall–Kier alpha value is -3.12. The predicted molar refractivity (Wildman–Crippen MR) is 133 cm³/mol. The average Bonchev–Trinajstić information content (AvgIpc) is 3.52. The number of ether oxygens (including phenoxy) is 1. The second-order valence-corrected chi connectivity index (χ2v) is 9.56. The van der Waals surface area contributed by atoms with E-state index in [0.717, 1.165) is 41.7 Å². The van der Waals surface area contributed by atoms with Gasteiger partial charge in [-0.1, -0.05) is 48.7 Å². The highest BCUT2D eigenvalue weighted by atomic mass is 32.1. The number of methoxy groups -OCH3 is 1. The summed E-state index contributed by atoms with van der Waals surface area (Å²) in [5, 5.41) is 5.18. The van der Waals surface area contributed by atoms with Crippen molar-refractivity contribution < 1.29 is 14.3 Å². The Labute approximate surface area is 199 Å². The number of rotatable bonds is 8. The molecule has 1 saturated carbocycles. The zero-order valence-corrected chi connectivity index (χ0v) is 19.9. The molecule has 1 aliphatic rings. The molecular formula is C27H30N2O3S. The van der Waals surface area contributed by atoms with Gasteiger partial charge in [-0.2, -0.15) is 0 Å². The van der Waals surface area contributed by atoms with Gasteiger partial charge < -0.3 is 10.1 Å². The molecule has 172 valence electrons. The van der Waals surface area contributed by atoms with Gasteiger partial charge in [0.05, 0.1) is 13.5 Å². The minimum absolute atomic E-state index is 0.115. The standard InChI is InChI=1S/C27H30N2O3S/c1-19-12-14-22(15-13-19)29(25(30)18-24-11-6-16-33-24)26(20-7-5-10-23(17-20)32-2)27(31)28-21-8-3-4-9-21/h5-7,10-17,21,26H,3-4,8-9,18H2,1-2H3,(H,28,31)/t26-/m0/s1. The summed E-state index contributed by atoms with van der Waals surface area (Å²) in [6.07, 6.45) is 4.43. The Balaban J connectivity index is 1.77. The van der Waals surface area contributed by atoms with Crippen molar-refractivity contribution in [1.29, 1.82) is 0 Å². The molecule has 1 fully saturated rings. The van der Waals surface area contributed by atoms with Crippen LogP contribution in [0.3, 0.4) is 0 Å². The summed E-state index contributed by atoms with van der Waals surface area (Å²) < 4.78 is 5.43. The van der Waals surface area contributed by atoms with Gasteiger partial charge in [-0.05, 0) is 61.0 Å². The van der Waals surface area contributed by atoms with E-state index in [-0.39, 0.29) is 24.3 Å². The van der Waals surface area contributed by atoms with Crippen LogP contribution < -0.4 is 15.0 Å². The van der Waals surface area contributed by atoms with Crippen LogP contribution in [-0.4, -0.2) is 25.0 Å². The second-order valence-electron chi connectivity index (χ2n) is 8.52. The van der Waals surface area contributed by atoms with Crippen LogP contribution >= 0.6 is 11.3 Å². The lowest BCUT2D eigenvalue weighted by molar-refractivity contribution is -0.127. The number of nitrogens with one attached hydrogen (secondary N) is 1. The average molecular weight is 463 g/mol. The third-order valence-corrected chi connectivity index (χ3v) is 6.98. The van der Waals surface area contributed by atoms with E-state index >= 15 is 0 Å². The monoisotopic (exact) mass is 462 g/mol. The Bertz CT molecular complexity index is 1070. The van der Waals surface area contributed by atoms with Gasteiger partial charge in [-0.3, -0.25) is 14.5 Å². The number of hydrogen-bond donors (Lipinski definition) is 1. The van der Waals surface area contributed by atoms with Gasteiger partial charge in [-0.15, -0.1) is 11.3 Å². The van der Waals surface area contributed by atoms with Crippen molar-refractivity contribution in [3.63, 3.8) is 0 Å². The second kappa shape index (κ2) is 10.7. The molecule has 0 saturated heterocycles. The quantitative estimate of drug-likeness (QED) is 0.485. The number of hydrogen-bond acceptors (Lipinski definition) is 4. The molecular weight excluding hydrogens is 432 g/mol. The summed E-state index contributed by atoms with van der Waals surface area (Å²) in [4.78, 5) is 30.1. The van der Waals surface area contributed by atoms with Crippen molar-refractivity contribution in [3.8, 4) is 5.75 Å². The van der Waals surface area contributed by atoms with Crippen LogP contribution in [0.25, 0.3) is 0 Å². The van der Waals surface area contributed by atoms with E-state index in [4.69, 9.17) is 4.74 Å². The van der Waals surface area contributed by atoms with Crippen molar-refractivity contribution in [1.82, 2.24) is 5.32 Å². The van der Waals surface area contributed by atoms with Crippen LogP contribution in [0.5, 0.6) is 5.75 Å². The Morgan fingerprint density at radius 3 is 2.52 bits per heavy atom. The first-order valence-electron chi connectivity index (χ1n) is 11.4. The van der Waals surface area contributed by atoms with E-state index in [1.165, 1.54) is 0 Å². The van der Waals surface area contributed by atoms with Crippen molar-refractivity contribution in [2.45, 2.75) is 51.1 Å². The lowest BCUT2D eigenvalue weighted by Gasteiger charge is -2.32. The summed E-state index contributed by atoms with van der Waals surface area (Å²) in [5.41, 5.74) is 2.53. The number of benzene rings is 2. The number of nitrogens with zero attached hydrogens (tertiary/aromatic N) is 1. The molecule has 1 atom stereocenters. The Morgan fingerprint density at radius 1 is 1.09 bits per heavy atom. The highest BCUT2D eigenvalue weighted by molar-refractivity contribution is 7.10. The SMILES string of the molecule is COc1cccc([C@@H](C(=O)NC2CCCC2)N(C(=O)Cc2cccs2)c2ccc(C)cc2)c1. The number of carbonyl (C=O) groups is 2. The molecule has 3 aromatic rings. The zero-order valence-electron chi connectivity index (χ0n) is 19.1. The van der Waals surface area contributed by atoms with Crippen LogP contribution in [0.2, 0.25) is 0 Å². The Kier molecular flexibility index (Phi) is 7.45. The first kappa shape index (κ1) is 23.1. The first-order valence-corrected chi connectivity index (χ1v) is 12.3. The molecule has 4 rings (SSSR count). The minimum Gasteiger partial charge on any atom is -0.497 e. The number of amides is 2. The number of carbonyl (C=O) groups excluding carboxylic acids is 2. The molecule has 0 bridgehead atoms.